The van der Waals surface area contributed by atoms with Gasteiger partial charge in [0.2, 0.25) is 0 Å². The van der Waals surface area contributed by atoms with Gasteiger partial charge in [0.15, 0.2) is 0 Å². The van der Waals surface area contributed by atoms with E-state index in [0.717, 1.165) is 5.76 Å². The number of pyridine rings is 1. The molecule has 1 unspecified atom stereocenters. The molecule has 0 radical (unpaired) electrons. The molecule has 0 aliphatic heterocycles. The largest absolute Gasteiger partial charge is 0.464 e. The standard InChI is InChI=1S/C14H16ClN3O2/c1-8-4-5-11(20-8)9(2)17-14(19)10-6-12(15)18-13(7-10)16-3/h4-7,9H,1-3H3,(H,16,18)(H,17,19). The molecule has 106 valence electrons. The zero-order valence-electron chi connectivity index (χ0n) is 11.5. The van der Waals surface area contributed by atoms with Crippen molar-refractivity contribution in [1.82, 2.24) is 10.3 Å². The predicted octanol–water partition coefficient (Wildman–Crippen LogP) is 3.17. The molecule has 6 heteroatoms. The van der Waals surface area contributed by atoms with E-state index in [1.807, 2.05) is 26.0 Å². The SMILES string of the molecule is CNc1cc(C(=O)NC(C)c2ccc(C)o2)cc(Cl)n1. The van der Waals surface area contributed by atoms with Gasteiger partial charge in [0.25, 0.3) is 5.91 Å². The van der Waals surface area contributed by atoms with Crippen LogP contribution < -0.4 is 10.6 Å². The molecule has 0 aromatic carbocycles. The maximum Gasteiger partial charge on any atom is 0.252 e. The number of furan rings is 1. The molecule has 2 aromatic heterocycles. The highest BCUT2D eigenvalue weighted by Crippen LogP contribution is 2.18. The maximum atomic E-state index is 12.2. The van der Waals surface area contributed by atoms with Crippen molar-refractivity contribution in [3.63, 3.8) is 0 Å². The molecule has 0 saturated heterocycles. The molecule has 2 heterocycles. The predicted molar refractivity (Wildman–Crippen MR) is 78.1 cm³/mol. The van der Waals surface area contributed by atoms with Crippen molar-refractivity contribution < 1.29 is 9.21 Å². The first-order valence-electron chi connectivity index (χ1n) is 6.22. The first-order valence-corrected chi connectivity index (χ1v) is 6.60. The van der Waals surface area contributed by atoms with Crippen LogP contribution in [0.3, 0.4) is 0 Å². The lowest BCUT2D eigenvalue weighted by Crippen LogP contribution is -2.26. The van der Waals surface area contributed by atoms with Crippen LogP contribution >= 0.6 is 11.6 Å². The van der Waals surface area contributed by atoms with Gasteiger partial charge in [-0.2, -0.15) is 0 Å². The third-order valence-corrected chi connectivity index (χ3v) is 3.04. The number of halogens is 1. The quantitative estimate of drug-likeness (QED) is 0.850. The van der Waals surface area contributed by atoms with Crippen LogP contribution in [0.4, 0.5) is 5.82 Å². The number of carbonyl (C=O) groups excluding carboxylic acids is 1. The van der Waals surface area contributed by atoms with E-state index in [1.165, 1.54) is 6.07 Å². The van der Waals surface area contributed by atoms with Crippen LogP contribution in [-0.4, -0.2) is 17.9 Å². The Morgan fingerprint density at radius 1 is 1.40 bits per heavy atom. The zero-order valence-corrected chi connectivity index (χ0v) is 12.3. The number of amides is 1. The highest BCUT2D eigenvalue weighted by atomic mass is 35.5. The van der Waals surface area contributed by atoms with E-state index in [9.17, 15) is 4.79 Å². The second-order valence-electron chi connectivity index (χ2n) is 4.46. The Bertz CT molecular complexity index is 625. The van der Waals surface area contributed by atoms with Gasteiger partial charge < -0.3 is 15.1 Å². The Morgan fingerprint density at radius 3 is 2.75 bits per heavy atom. The molecule has 0 spiro atoms. The molecule has 0 saturated carbocycles. The smallest absolute Gasteiger partial charge is 0.252 e. The summed E-state index contributed by atoms with van der Waals surface area (Å²) >= 11 is 5.88. The van der Waals surface area contributed by atoms with Gasteiger partial charge in [-0.3, -0.25) is 4.79 Å². The van der Waals surface area contributed by atoms with Crippen molar-refractivity contribution in [1.29, 1.82) is 0 Å². The van der Waals surface area contributed by atoms with Crippen molar-refractivity contribution >= 4 is 23.3 Å². The van der Waals surface area contributed by atoms with Crippen molar-refractivity contribution in [2.45, 2.75) is 19.9 Å². The van der Waals surface area contributed by atoms with Crippen molar-refractivity contribution in [2.24, 2.45) is 0 Å². The number of anilines is 1. The van der Waals surface area contributed by atoms with Gasteiger partial charge in [-0.25, -0.2) is 4.98 Å². The van der Waals surface area contributed by atoms with Crippen LogP contribution in [0.25, 0.3) is 0 Å². The van der Waals surface area contributed by atoms with Gasteiger partial charge in [0, 0.05) is 12.6 Å². The number of carbonyl (C=O) groups is 1. The summed E-state index contributed by atoms with van der Waals surface area (Å²) in [5.74, 6) is 1.84. The summed E-state index contributed by atoms with van der Waals surface area (Å²) in [7, 11) is 1.72. The Balaban J connectivity index is 2.13. The second kappa shape index (κ2) is 5.96. The van der Waals surface area contributed by atoms with Crippen molar-refractivity contribution in [3.05, 3.63) is 46.5 Å². The summed E-state index contributed by atoms with van der Waals surface area (Å²) in [5, 5.41) is 5.98. The van der Waals surface area contributed by atoms with Crippen molar-refractivity contribution in [2.75, 3.05) is 12.4 Å². The molecular weight excluding hydrogens is 278 g/mol. The zero-order chi connectivity index (χ0) is 14.7. The van der Waals surface area contributed by atoms with Gasteiger partial charge in [-0.05, 0) is 38.1 Å². The summed E-state index contributed by atoms with van der Waals surface area (Å²) in [6, 6.07) is 6.65. The lowest BCUT2D eigenvalue weighted by atomic mass is 10.2. The molecule has 5 nitrogen and oxygen atoms in total. The van der Waals surface area contributed by atoms with Crippen LogP contribution in [0.2, 0.25) is 5.15 Å². The lowest BCUT2D eigenvalue weighted by molar-refractivity contribution is 0.0935. The van der Waals surface area contributed by atoms with Crippen LogP contribution in [-0.2, 0) is 0 Å². The van der Waals surface area contributed by atoms with E-state index >= 15 is 0 Å². The number of rotatable bonds is 4. The summed E-state index contributed by atoms with van der Waals surface area (Å²) in [6.07, 6.45) is 0. The van der Waals surface area contributed by atoms with E-state index in [-0.39, 0.29) is 17.1 Å². The van der Waals surface area contributed by atoms with E-state index < -0.39 is 0 Å². The summed E-state index contributed by atoms with van der Waals surface area (Å²) < 4.78 is 5.49. The first kappa shape index (κ1) is 14.4. The lowest BCUT2D eigenvalue weighted by Gasteiger charge is -2.12. The minimum atomic E-state index is -0.229. The van der Waals surface area contributed by atoms with Crippen LogP contribution in [0.1, 0.15) is 34.8 Å². The monoisotopic (exact) mass is 293 g/mol. The van der Waals surface area contributed by atoms with Gasteiger partial charge in [-0.1, -0.05) is 11.6 Å². The Hall–Kier alpha value is -2.01. The maximum absolute atomic E-state index is 12.2. The van der Waals surface area contributed by atoms with E-state index in [0.29, 0.717) is 17.1 Å². The van der Waals surface area contributed by atoms with Crippen LogP contribution in [0.5, 0.6) is 0 Å². The normalized spacial score (nSPS) is 12.0. The molecule has 2 aromatic rings. The third-order valence-electron chi connectivity index (χ3n) is 2.85. The highest BCUT2D eigenvalue weighted by molar-refractivity contribution is 6.29. The third kappa shape index (κ3) is 3.30. The van der Waals surface area contributed by atoms with Gasteiger partial charge in [-0.15, -0.1) is 0 Å². The molecule has 2 rings (SSSR count). The van der Waals surface area contributed by atoms with Crippen LogP contribution in [0.15, 0.2) is 28.7 Å². The summed E-state index contributed by atoms with van der Waals surface area (Å²) in [6.45, 7) is 3.72. The highest BCUT2D eigenvalue weighted by Gasteiger charge is 2.15. The van der Waals surface area contributed by atoms with Crippen molar-refractivity contribution in [3.8, 4) is 0 Å². The molecule has 1 amide bonds. The topological polar surface area (TPSA) is 67.2 Å². The fraction of sp³-hybridized carbons (Fsp3) is 0.286. The fourth-order valence-corrected chi connectivity index (χ4v) is 2.00. The van der Waals surface area contributed by atoms with E-state index in [1.54, 1.807) is 13.1 Å². The molecular formula is C14H16ClN3O2. The Labute approximate surface area is 122 Å². The Morgan fingerprint density at radius 2 is 2.15 bits per heavy atom. The van der Waals surface area contributed by atoms with Gasteiger partial charge in [0.1, 0.15) is 22.5 Å². The number of nitrogens with one attached hydrogen (secondary N) is 2. The minimum absolute atomic E-state index is 0.221. The van der Waals surface area contributed by atoms with Gasteiger partial charge >= 0.3 is 0 Å². The van der Waals surface area contributed by atoms with E-state index in [4.69, 9.17) is 16.0 Å². The van der Waals surface area contributed by atoms with Gasteiger partial charge in [0.05, 0.1) is 6.04 Å². The fourth-order valence-electron chi connectivity index (χ4n) is 1.79. The van der Waals surface area contributed by atoms with E-state index in [2.05, 4.69) is 15.6 Å². The molecule has 0 aliphatic carbocycles. The average Bonchev–Trinajstić information content (AvgIpc) is 2.84. The number of hydrogen-bond donors (Lipinski definition) is 2. The van der Waals surface area contributed by atoms with Crippen LogP contribution in [0, 0.1) is 6.92 Å². The molecule has 0 bridgehead atoms. The molecule has 0 fully saturated rings. The number of aromatic nitrogens is 1. The Kier molecular flexibility index (Phi) is 4.29. The number of aryl methyl sites for hydroxylation is 1. The molecule has 1 atom stereocenters. The molecule has 0 aliphatic rings. The first-order chi connectivity index (χ1) is 9.49. The summed E-state index contributed by atoms with van der Waals surface area (Å²) in [4.78, 5) is 16.2. The number of nitrogens with zero attached hydrogens (tertiary/aromatic N) is 1. The second-order valence-corrected chi connectivity index (χ2v) is 4.84. The molecule has 2 N–H and O–H groups in total. The summed E-state index contributed by atoms with van der Waals surface area (Å²) in [5.41, 5.74) is 0.449. The average molecular weight is 294 g/mol. The minimum Gasteiger partial charge on any atom is -0.464 e. The number of hydrogen-bond acceptors (Lipinski definition) is 4. The molecule has 20 heavy (non-hydrogen) atoms.